The smallest absolute Gasteiger partial charge is 0.137 e. The van der Waals surface area contributed by atoms with Gasteiger partial charge in [-0.3, -0.25) is 0 Å². The van der Waals surface area contributed by atoms with Gasteiger partial charge in [-0.05, 0) is 65.6 Å². The molecule has 1 saturated heterocycles. The van der Waals surface area contributed by atoms with Gasteiger partial charge in [-0.1, -0.05) is 6.07 Å². The summed E-state index contributed by atoms with van der Waals surface area (Å²) >= 11 is 5.18. The maximum absolute atomic E-state index is 13.1. The summed E-state index contributed by atoms with van der Waals surface area (Å²) in [6.45, 7) is 2.24. The number of thioether (sulfide) groups is 1. The lowest BCUT2D eigenvalue weighted by atomic mass is 9.91. The van der Waals surface area contributed by atoms with E-state index in [1.165, 1.54) is 24.7 Å². The molecule has 2 atom stereocenters. The lowest BCUT2D eigenvalue weighted by Gasteiger charge is -2.30. The summed E-state index contributed by atoms with van der Waals surface area (Å²) in [5, 5.41) is 0. The molecule has 4 heteroatoms. The Morgan fingerprint density at radius 3 is 2.94 bits per heavy atom. The minimum absolute atomic E-state index is 0.132. The van der Waals surface area contributed by atoms with Crippen LogP contribution in [-0.2, 0) is 6.42 Å². The van der Waals surface area contributed by atoms with E-state index in [0.29, 0.717) is 4.47 Å². The highest BCUT2D eigenvalue weighted by Gasteiger charge is 2.35. The van der Waals surface area contributed by atoms with Crippen molar-refractivity contribution >= 4 is 27.7 Å². The highest BCUT2D eigenvalue weighted by molar-refractivity contribution is 9.10. The molecule has 0 saturated carbocycles. The van der Waals surface area contributed by atoms with Gasteiger partial charge >= 0.3 is 0 Å². The number of hydrogen-bond acceptors (Lipinski definition) is 2. The van der Waals surface area contributed by atoms with Gasteiger partial charge in [0.2, 0.25) is 0 Å². The number of halogens is 2. The van der Waals surface area contributed by atoms with Crippen LogP contribution in [0.3, 0.4) is 0 Å². The quantitative estimate of drug-likeness (QED) is 0.919. The zero-order valence-corrected chi connectivity index (χ0v) is 12.3. The Labute approximate surface area is 114 Å². The third-order valence-corrected chi connectivity index (χ3v) is 5.74. The summed E-state index contributed by atoms with van der Waals surface area (Å²) in [6, 6.07) is 5.28. The molecule has 1 aromatic carbocycles. The average molecular weight is 318 g/mol. The summed E-state index contributed by atoms with van der Waals surface area (Å²) in [5.41, 5.74) is 7.40. The van der Waals surface area contributed by atoms with Crippen LogP contribution in [0.15, 0.2) is 22.7 Å². The third kappa shape index (κ3) is 3.04. The van der Waals surface area contributed by atoms with E-state index in [4.69, 9.17) is 5.73 Å². The molecule has 2 rings (SSSR count). The molecule has 2 unspecified atom stereocenters. The number of nitrogens with two attached hydrogens (primary N) is 1. The maximum Gasteiger partial charge on any atom is 0.137 e. The first-order chi connectivity index (χ1) is 8.01. The van der Waals surface area contributed by atoms with Crippen LogP contribution in [0, 0.1) is 5.82 Å². The Hall–Kier alpha value is -0.0600. The number of benzene rings is 1. The van der Waals surface area contributed by atoms with Gasteiger partial charge in [0.15, 0.2) is 0 Å². The fraction of sp³-hybridized carbons (Fsp3) is 0.538. The molecule has 94 valence electrons. The second-order valence-electron chi connectivity index (χ2n) is 4.82. The van der Waals surface area contributed by atoms with Gasteiger partial charge in [0.05, 0.1) is 4.47 Å². The van der Waals surface area contributed by atoms with E-state index in [1.54, 1.807) is 0 Å². The minimum atomic E-state index is -0.219. The first kappa shape index (κ1) is 13.4. The van der Waals surface area contributed by atoms with Crippen molar-refractivity contribution in [3.8, 4) is 0 Å². The average Bonchev–Trinajstić information content (AvgIpc) is 2.72. The summed E-state index contributed by atoms with van der Waals surface area (Å²) in [5.74, 6) is 0.987. The summed E-state index contributed by atoms with van der Waals surface area (Å²) < 4.78 is 13.8. The monoisotopic (exact) mass is 317 g/mol. The van der Waals surface area contributed by atoms with Crippen molar-refractivity contribution in [2.45, 2.75) is 37.0 Å². The molecule has 0 bridgehead atoms. The molecule has 1 aliphatic heterocycles. The Balaban J connectivity index is 2.07. The number of rotatable bonds is 3. The molecule has 0 spiro atoms. The first-order valence-corrected chi connectivity index (χ1v) is 7.62. The second kappa shape index (κ2) is 5.29. The van der Waals surface area contributed by atoms with Crippen LogP contribution in [0.1, 0.15) is 25.3 Å². The third-order valence-electron chi connectivity index (χ3n) is 3.47. The molecular weight excluding hydrogens is 301 g/mol. The molecule has 0 amide bonds. The van der Waals surface area contributed by atoms with Gasteiger partial charge in [-0.15, -0.1) is 0 Å². The maximum atomic E-state index is 13.1. The second-order valence-corrected chi connectivity index (χ2v) is 7.31. The van der Waals surface area contributed by atoms with E-state index in [0.717, 1.165) is 12.0 Å². The molecule has 0 radical (unpaired) electrons. The Morgan fingerprint density at radius 2 is 2.35 bits per heavy atom. The van der Waals surface area contributed by atoms with Crippen LogP contribution < -0.4 is 5.73 Å². The molecule has 1 heterocycles. The minimum Gasteiger partial charge on any atom is -0.326 e. The van der Waals surface area contributed by atoms with Gasteiger partial charge in [-0.25, -0.2) is 4.39 Å². The predicted molar refractivity (Wildman–Crippen MR) is 75.9 cm³/mol. The molecular formula is C13H17BrFNS. The Morgan fingerprint density at radius 1 is 1.59 bits per heavy atom. The van der Waals surface area contributed by atoms with Gasteiger partial charge in [0.1, 0.15) is 5.82 Å². The molecule has 0 aliphatic carbocycles. The highest BCUT2D eigenvalue weighted by Crippen LogP contribution is 2.40. The largest absolute Gasteiger partial charge is 0.326 e. The topological polar surface area (TPSA) is 26.0 Å². The van der Waals surface area contributed by atoms with E-state index in [-0.39, 0.29) is 16.6 Å². The summed E-state index contributed by atoms with van der Waals surface area (Å²) in [6.07, 6.45) is 3.24. The van der Waals surface area contributed by atoms with Crippen LogP contribution in [0.5, 0.6) is 0 Å². The van der Waals surface area contributed by atoms with E-state index in [9.17, 15) is 4.39 Å². The molecule has 2 N–H and O–H groups in total. The lowest BCUT2D eigenvalue weighted by Crippen LogP contribution is -2.42. The van der Waals surface area contributed by atoms with Crippen LogP contribution in [0.2, 0.25) is 0 Å². The molecule has 17 heavy (non-hydrogen) atoms. The van der Waals surface area contributed by atoms with E-state index in [2.05, 4.69) is 22.9 Å². The van der Waals surface area contributed by atoms with Crippen LogP contribution in [0.25, 0.3) is 0 Å². The first-order valence-electron chi connectivity index (χ1n) is 5.85. The zero-order valence-electron chi connectivity index (χ0n) is 9.88. The Bertz CT molecular complexity index is 404. The molecule has 1 fully saturated rings. The van der Waals surface area contributed by atoms with E-state index in [1.807, 2.05) is 23.9 Å². The van der Waals surface area contributed by atoms with Gasteiger partial charge in [0, 0.05) is 10.8 Å². The standard InChI is InChI=1S/C13H17BrFNS/c1-13(5-2-6-17-13)12(16)8-9-3-4-11(15)10(14)7-9/h3-4,7,12H,2,5-6,8,16H2,1H3. The predicted octanol–water partition coefficient (Wildman–Crippen LogP) is 3.74. The normalized spacial score (nSPS) is 26.1. The van der Waals surface area contributed by atoms with Gasteiger partial charge < -0.3 is 5.73 Å². The van der Waals surface area contributed by atoms with Crippen molar-refractivity contribution < 1.29 is 4.39 Å². The van der Waals surface area contributed by atoms with Crippen LogP contribution >= 0.6 is 27.7 Å². The van der Waals surface area contributed by atoms with Crippen LogP contribution in [-0.4, -0.2) is 16.5 Å². The van der Waals surface area contributed by atoms with Gasteiger partial charge in [-0.2, -0.15) is 11.8 Å². The molecule has 1 nitrogen and oxygen atoms in total. The lowest BCUT2D eigenvalue weighted by molar-refractivity contribution is 0.482. The summed E-state index contributed by atoms with van der Waals surface area (Å²) in [4.78, 5) is 0. The van der Waals surface area contributed by atoms with Crippen molar-refractivity contribution in [1.82, 2.24) is 0 Å². The number of hydrogen-bond donors (Lipinski definition) is 1. The Kier molecular flexibility index (Phi) is 4.16. The van der Waals surface area contributed by atoms with E-state index >= 15 is 0 Å². The molecule has 0 aromatic heterocycles. The summed E-state index contributed by atoms with van der Waals surface area (Å²) in [7, 11) is 0. The molecule has 1 aromatic rings. The van der Waals surface area contributed by atoms with E-state index < -0.39 is 0 Å². The van der Waals surface area contributed by atoms with Gasteiger partial charge in [0.25, 0.3) is 0 Å². The zero-order chi connectivity index (χ0) is 12.5. The van der Waals surface area contributed by atoms with Crippen molar-refractivity contribution in [3.05, 3.63) is 34.1 Å². The van der Waals surface area contributed by atoms with Crippen molar-refractivity contribution in [2.75, 3.05) is 5.75 Å². The van der Waals surface area contributed by atoms with Crippen molar-refractivity contribution in [1.29, 1.82) is 0 Å². The molecule has 1 aliphatic rings. The fourth-order valence-corrected chi connectivity index (χ4v) is 4.00. The highest BCUT2D eigenvalue weighted by atomic mass is 79.9. The van der Waals surface area contributed by atoms with Crippen LogP contribution in [0.4, 0.5) is 4.39 Å². The SMILES string of the molecule is CC1(C(N)Cc2ccc(F)c(Br)c2)CCCS1. The van der Waals surface area contributed by atoms with Crippen molar-refractivity contribution in [2.24, 2.45) is 5.73 Å². The van der Waals surface area contributed by atoms with Crippen molar-refractivity contribution in [3.63, 3.8) is 0 Å². The fourth-order valence-electron chi connectivity index (χ4n) is 2.23.